The molecule has 0 spiro atoms. The van der Waals surface area contributed by atoms with E-state index in [2.05, 4.69) is 10.6 Å². The third-order valence-electron chi connectivity index (χ3n) is 3.47. The molecule has 1 heterocycles. The van der Waals surface area contributed by atoms with Crippen molar-refractivity contribution in [2.45, 2.75) is 25.1 Å². The number of anilines is 1. The molecule has 2 amide bonds. The van der Waals surface area contributed by atoms with Gasteiger partial charge in [-0.1, -0.05) is 0 Å². The summed E-state index contributed by atoms with van der Waals surface area (Å²) in [6, 6.07) is 2.23. The van der Waals surface area contributed by atoms with Crippen LogP contribution in [0.5, 0.6) is 0 Å². The van der Waals surface area contributed by atoms with Crippen molar-refractivity contribution in [3.63, 3.8) is 0 Å². The first-order valence-electron chi connectivity index (χ1n) is 7.06. The number of benzene rings is 1. The van der Waals surface area contributed by atoms with Gasteiger partial charge in [0.1, 0.15) is 11.6 Å². The lowest BCUT2D eigenvalue weighted by atomic mass is 10.2. The molecule has 0 radical (unpaired) electrons. The summed E-state index contributed by atoms with van der Waals surface area (Å²) in [5.74, 6) is -1.37. The van der Waals surface area contributed by atoms with Crippen molar-refractivity contribution in [1.82, 2.24) is 10.6 Å². The van der Waals surface area contributed by atoms with Crippen molar-refractivity contribution in [3.8, 4) is 0 Å². The third kappa shape index (κ3) is 5.26. The first-order valence-corrected chi connectivity index (χ1v) is 7.06. The first-order chi connectivity index (χ1) is 10.7. The fraction of sp³-hybridized carbons (Fsp3) is 0.500. The number of hydrogen-bond acceptors (Lipinski definition) is 2. The second-order valence-electron chi connectivity index (χ2n) is 5.29. The van der Waals surface area contributed by atoms with Gasteiger partial charge in [0.05, 0.1) is 12.1 Å². The van der Waals surface area contributed by atoms with Crippen LogP contribution in [0.4, 0.5) is 32.4 Å². The lowest BCUT2D eigenvalue weighted by molar-refractivity contribution is -0.132. The van der Waals surface area contributed by atoms with Crippen LogP contribution in [0.1, 0.15) is 12.8 Å². The Morgan fingerprint density at radius 2 is 2.04 bits per heavy atom. The normalized spacial score (nSPS) is 18.1. The molecule has 128 valence electrons. The van der Waals surface area contributed by atoms with Gasteiger partial charge in [-0.3, -0.25) is 0 Å². The Kier molecular flexibility index (Phi) is 5.27. The van der Waals surface area contributed by atoms with Crippen LogP contribution in [-0.4, -0.2) is 37.9 Å². The van der Waals surface area contributed by atoms with E-state index < -0.39 is 36.8 Å². The Morgan fingerprint density at radius 1 is 1.30 bits per heavy atom. The van der Waals surface area contributed by atoms with Crippen molar-refractivity contribution < 1.29 is 26.7 Å². The molecule has 1 saturated heterocycles. The molecule has 0 aliphatic carbocycles. The van der Waals surface area contributed by atoms with E-state index in [1.54, 1.807) is 4.90 Å². The number of carbonyl (C=O) groups is 1. The number of urea groups is 1. The number of rotatable bonds is 4. The topological polar surface area (TPSA) is 44.4 Å². The molecule has 0 unspecified atom stereocenters. The summed E-state index contributed by atoms with van der Waals surface area (Å²) in [4.78, 5) is 13.2. The van der Waals surface area contributed by atoms with Crippen LogP contribution in [0, 0.1) is 11.6 Å². The highest BCUT2D eigenvalue weighted by molar-refractivity contribution is 5.74. The average molecular weight is 337 g/mol. The Morgan fingerprint density at radius 3 is 2.70 bits per heavy atom. The van der Waals surface area contributed by atoms with Crippen molar-refractivity contribution >= 4 is 11.7 Å². The summed E-state index contributed by atoms with van der Waals surface area (Å²) in [6.07, 6.45) is -4.90. The van der Waals surface area contributed by atoms with Gasteiger partial charge in [0.25, 0.3) is 0 Å². The van der Waals surface area contributed by atoms with Crippen molar-refractivity contribution in [1.29, 1.82) is 0 Å². The molecule has 1 atom stereocenters. The molecular weight excluding hydrogens is 321 g/mol. The number of nitrogens with zero attached hydrogens (tertiary/aromatic N) is 1. The van der Waals surface area contributed by atoms with Gasteiger partial charge in [-0.05, 0) is 18.6 Å². The minimum atomic E-state index is -4.32. The largest absolute Gasteiger partial charge is 0.390 e. The quantitative estimate of drug-likeness (QED) is 0.830. The average Bonchev–Trinajstić information content (AvgIpc) is 2.85. The molecule has 0 aromatic heterocycles. The predicted octanol–water partition coefficient (Wildman–Crippen LogP) is 2.80. The van der Waals surface area contributed by atoms with Gasteiger partial charge >= 0.3 is 12.2 Å². The lowest BCUT2D eigenvalue weighted by Gasteiger charge is -2.20. The first kappa shape index (κ1) is 17.3. The lowest BCUT2D eigenvalue weighted by Crippen LogP contribution is -2.44. The highest BCUT2D eigenvalue weighted by Crippen LogP contribution is 2.24. The molecule has 0 saturated carbocycles. The molecule has 2 rings (SSSR count). The van der Waals surface area contributed by atoms with Crippen LogP contribution < -0.4 is 15.5 Å². The molecule has 1 aromatic rings. The van der Waals surface area contributed by atoms with E-state index >= 15 is 0 Å². The van der Waals surface area contributed by atoms with E-state index in [9.17, 15) is 26.7 Å². The zero-order chi connectivity index (χ0) is 17.0. The van der Waals surface area contributed by atoms with E-state index in [0.29, 0.717) is 19.5 Å². The number of nitrogens with one attached hydrogen (secondary N) is 2. The molecule has 9 heteroatoms. The maximum absolute atomic E-state index is 13.7. The summed E-state index contributed by atoms with van der Waals surface area (Å²) >= 11 is 0. The van der Waals surface area contributed by atoms with Gasteiger partial charge in [0.15, 0.2) is 0 Å². The van der Waals surface area contributed by atoms with Crippen molar-refractivity contribution in [3.05, 3.63) is 29.8 Å². The number of halogens is 5. The fourth-order valence-corrected chi connectivity index (χ4v) is 2.39. The molecule has 1 aliphatic heterocycles. The summed E-state index contributed by atoms with van der Waals surface area (Å²) < 4.78 is 62.5. The SMILES string of the molecule is O=C(NCCC(F)(F)F)N[C@H]1CCN(c2ccc(F)cc2F)C1. The van der Waals surface area contributed by atoms with Crippen LogP contribution >= 0.6 is 0 Å². The monoisotopic (exact) mass is 337 g/mol. The van der Waals surface area contributed by atoms with E-state index in [1.807, 2.05) is 0 Å². The summed E-state index contributed by atoms with van der Waals surface area (Å²) in [6.45, 7) is 0.254. The number of hydrogen-bond donors (Lipinski definition) is 2. The Hall–Kier alpha value is -2.06. The van der Waals surface area contributed by atoms with Crippen molar-refractivity contribution in [2.24, 2.45) is 0 Å². The third-order valence-corrected chi connectivity index (χ3v) is 3.47. The van der Waals surface area contributed by atoms with E-state index in [0.717, 1.165) is 12.1 Å². The molecule has 0 bridgehead atoms. The summed E-state index contributed by atoms with van der Waals surface area (Å²) in [7, 11) is 0. The molecule has 1 aliphatic rings. The Balaban J connectivity index is 1.80. The van der Waals surface area contributed by atoms with Crippen LogP contribution in [-0.2, 0) is 0 Å². The van der Waals surface area contributed by atoms with Gasteiger partial charge in [-0.25, -0.2) is 13.6 Å². The van der Waals surface area contributed by atoms with Crippen molar-refractivity contribution in [2.75, 3.05) is 24.5 Å². The molecule has 1 fully saturated rings. The van der Waals surface area contributed by atoms with Crippen LogP contribution in [0.2, 0.25) is 0 Å². The Labute approximate surface area is 129 Å². The number of carbonyl (C=O) groups excluding carboxylic acids is 1. The van der Waals surface area contributed by atoms with Gasteiger partial charge in [0, 0.05) is 31.7 Å². The molecule has 23 heavy (non-hydrogen) atoms. The standard InChI is InChI=1S/C14H16F5N3O/c15-9-1-2-12(11(16)7-9)22-6-3-10(8-22)21-13(23)20-5-4-14(17,18)19/h1-2,7,10H,3-6,8H2,(H2,20,21,23)/t10-/m0/s1. The second-order valence-corrected chi connectivity index (χ2v) is 5.29. The maximum Gasteiger partial charge on any atom is 0.390 e. The van der Waals surface area contributed by atoms with E-state index in [-0.39, 0.29) is 11.7 Å². The smallest absolute Gasteiger partial charge is 0.367 e. The van der Waals surface area contributed by atoms with Gasteiger partial charge < -0.3 is 15.5 Å². The maximum atomic E-state index is 13.7. The number of alkyl halides is 3. The highest BCUT2D eigenvalue weighted by Gasteiger charge is 2.28. The minimum Gasteiger partial charge on any atom is -0.367 e. The summed E-state index contributed by atoms with van der Waals surface area (Å²) in [5, 5.41) is 4.67. The fourth-order valence-electron chi connectivity index (χ4n) is 2.39. The molecule has 4 nitrogen and oxygen atoms in total. The molecule has 2 N–H and O–H groups in total. The van der Waals surface area contributed by atoms with E-state index in [4.69, 9.17) is 0 Å². The zero-order valence-corrected chi connectivity index (χ0v) is 12.1. The van der Waals surface area contributed by atoms with Crippen LogP contribution in [0.3, 0.4) is 0 Å². The van der Waals surface area contributed by atoms with Gasteiger partial charge in [0.2, 0.25) is 0 Å². The zero-order valence-electron chi connectivity index (χ0n) is 12.1. The van der Waals surface area contributed by atoms with Crippen LogP contribution in [0.25, 0.3) is 0 Å². The minimum absolute atomic E-state index is 0.230. The van der Waals surface area contributed by atoms with Gasteiger partial charge in [-0.15, -0.1) is 0 Å². The molecule has 1 aromatic carbocycles. The molecular formula is C14H16F5N3O. The van der Waals surface area contributed by atoms with Gasteiger partial charge in [-0.2, -0.15) is 13.2 Å². The van der Waals surface area contributed by atoms with Crippen LogP contribution in [0.15, 0.2) is 18.2 Å². The predicted molar refractivity (Wildman–Crippen MR) is 74.2 cm³/mol. The second kappa shape index (κ2) is 7.01. The highest BCUT2D eigenvalue weighted by atomic mass is 19.4. The van der Waals surface area contributed by atoms with E-state index in [1.165, 1.54) is 6.07 Å². The number of amides is 2. The Bertz CT molecular complexity index is 564. The summed E-state index contributed by atoms with van der Waals surface area (Å²) in [5.41, 5.74) is 0.230.